The van der Waals surface area contributed by atoms with Crippen molar-refractivity contribution in [3.05, 3.63) is 64.1 Å². The average Bonchev–Trinajstić information content (AvgIpc) is 2.73. The summed E-state index contributed by atoms with van der Waals surface area (Å²) in [5.41, 5.74) is 0.831. The molecule has 0 aliphatic heterocycles. The van der Waals surface area contributed by atoms with E-state index in [1.165, 1.54) is 11.8 Å². The summed E-state index contributed by atoms with van der Waals surface area (Å²) >= 11 is 13.6. The van der Waals surface area contributed by atoms with E-state index >= 15 is 0 Å². The van der Waals surface area contributed by atoms with Crippen LogP contribution >= 0.6 is 35.0 Å². The molecule has 2 aromatic rings. The largest absolute Gasteiger partial charge is 0.354 e. The van der Waals surface area contributed by atoms with E-state index in [4.69, 9.17) is 23.2 Å². The fourth-order valence-corrected chi connectivity index (χ4v) is 4.05. The predicted octanol–water partition coefficient (Wildman–Crippen LogP) is 5.67. The summed E-state index contributed by atoms with van der Waals surface area (Å²) in [5, 5.41) is 3.85. The summed E-state index contributed by atoms with van der Waals surface area (Å²) in [6.45, 7) is 6.85. The molecule has 0 heterocycles. The van der Waals surface area contributed by atoms with Crippen LogP contribution in [0.2, 0.25) is 10.0 Å². The van der Waals surface area contributed by atoms with Crippen LogP contribution in [-0.2, 0) is 16.1 Å². The summed E-state index contributed by atoms with van der Waals surface area (Å²) in [6, 6.07) is 14.5. The van der Waals surface area contributed by atoms with Gasteiger partial charge in [-0.15, -0.1) is 11.8 Å². The zero-order valence-corrected chi connectivity index (χ0v) is 19.9. The maximum absolute atomic E-state index is 13.2. The van der Waals surface area contributed by atoms with Crippen LogP contribution in [0.1, 0.15) is 32.8 Å². The SMILES string of the molecule is CC[C@H](C(=O)NCC(C)C)N(Cc1ccc(Cl)c(Cl)c1)C(=O)CSc1ccccc1. The lowest BCUT2D eigenvalue weighted by atomic mass is 10.1. The fraction of sp³-hybridized carbons (Fsp3) is 0.391. The lowest BCUT2D eigenvalue weighted by Gasteiger charge is -2.31. The number of benzene rings is 2. The van der Waals surface area contributed by atoms with Gasteiger partial charge in [-0.1, -0.05) is 68.2 Å². The van der Waals surface area contributed by atoms with Gasteiger partial charge in [0.25, 0.3) is 0 Å². The van der Waals surface area contributed by atoms with Gasteiger partial charge in [-0.3, -0.25) is 9.59 Å². The maximum Gasteiger partial charge on any atom is 0.242 e. The summed E-state index contributed by atoms with van der Waals surface area (Å²) in [5.74, 6) is 0.351. The fourth-order valence-electron chi connectivity index (χ4n) is 2.92. The van der Waals surface area contributed by atoms with Crippen LogP contribution in [0.4, 0.5) is 0 Å². The molecule has 7 heteroatoms. The van der Waals surface area contributed by atoms with Crippen molar-refractivity contribution in [2.24, 2.45) is 5.92 Å². The summed E-state index contributed by atoms with van der Waals surface area (Å²) in [4.78, 5) is 28.7. The van der Waals surface area contributed by atoms with Crippen LogP contribution in [0.3, 0.4) is 0 Å². The van der Waals surface area contributed by atoms with Crippen molar-refractivity contribution >= 4 is 46.8 Å². The quantitative estimate of drug-likeness (QED) is 0.459. The van der Waals surface area contributed by atoms with E-state index in [9.17, 15) is 9.59 Å². The molecule has 1 atom stereocenters. The van der Waals surface area contributed by atoms with Gasteiger partial charge >= 0.3 is 0 Å². The second kappa shape index (κ2) is 12.2. The molecule has 0 aliphatic rings. The Morgan fingerprint density at radius 3 is 2.37 bits per heavy atom. The van der Waals surface area contributed by atoms with Gasteiger partial charge in [-0.25, -0.2) is 0 Å². The Morgan fingerprint density at radius 1 is 1.07 bits per heavy atom. The molecule has 2 rings (SSSR count). The highest BCUT2D eigenvalue weighted by Crippen LogP contribution is 2.25. The van der Waals surface area contributed by atoms with E-state index in [-0.39, 0.29) is 17.6 Å². The summed E-state index contributed by atoms with van der Waals surface area (Å²) in [7, 11) is 0. The third-order valence-corrected chi connectivity index (χ3v) is 6.25. The first-order chi connectivity index (χ1) is 14.3. The molecule has 0 unspecified atom stereocenters. The number of rotatable bonds is 10. The van der Waals surface area contributed by atoms with Gasteiger partial charge in [0.15, 0.2) is 0 Å². The summed E-state index contributed by atoms with van der Waals surface area (Å²) < 4.78 is 0. The lowest BCUT2D eigenvalue weighted by Crippen LogP contribution is -2.50. The van der Waals surface area contributed by atoms with Gasteiger partial charge in [0.05, 0.1) is 15.8 Å². The molecule has 0 radical (unpaired) electrons. The molecule has 30 heavy (non-hydrogen) atoms. The first kappa shape index (κ1) is 24.6. The highest BCUT2D eigenvalue weighted by molar-refractivity contribution is 8.00. The van der Waals surface area contributed by atoms with E-state index in [0.717, 1.165) is 10.5 Å². The molecule has 1 N–H and O–H groups in total. The maximum atomic E-state index is 13.2. The number of nitrogens with one attached hydrogen (secondary N) is 1. The molecule has 0 aliphatic carbocycles. The number of hydrogen-bond donors (Lipinski definition) is 1. The van der Waals surface area contributed by atoms with Crippen molar-refractivity contribution in [3.8, 4) is 0 Å². The molecule has 0 saturated carbocycles. The molecule has 2 aromatic carbocycles. The highest BCUT2D eigenvalue weighted by Gasteiger charge is 2.28. The van der Waals surface area contributed by atoms with Crippen LogP contribution in [-0.4, -0.2) is 35.1 Å². The topological polar surface area (TPSA) is 49.4 Å². The molecule has 4 nitrogen and oxygen atoms in total. The van der Waals surface area contributed by atoms with Crippen molar-refractivity contribution in [1.82, 2.24) is 10.2 Å². The van der Waals surface area contributed by atoms with Crippen molar-refractivity contribution in [2.45, 2.75) is 44.7 Å². The molecule has 162 valence electrons. The van der Waals surface area contributed by atoms with Crippen molar-refractivity contribution in [1.29, 1.82) is 0 Å². The van der Waals surface area contributed by atoms with Crippen LogP contribution < -0.4 is 5.32 Å². The second-order valence-corrected chi connectivity index (χ2v) is 9.30. The van der Waals surface area contributed by atoms with Gasteiger partial charge in [0.1, 0.15) is 6.04 Å². The molecule has 2 amide bonds. The predicted molar refractivity (Wildman–Crippen MR) is 126 cm³/mol. The molecular formula is C23H28Cl2N2O2S. The third kappa shape index (κ3) is 7.53. The Labute approximate surface area is 193 Å². The van der Waals surface area contributed by atoms with Crippen LogP contribution in [0.25, 0.3) is 0 Å². The first-order valence-corrected chi connectivity index (χ1v) is 11.7. The number of amides is 2. The smallest absolute Gasteiger partial charge is 0.242 e. The number of thioether (sulfide) groups is 1. The van der Waals surface area contributed by atoms with E-state index in [2.05, 4.69) is 5.32 Å². The van der Waals surface area contributed by atoms with Crippen LogP contribution in [0, 0.1) is 5.92 Å². The standard InChI is InChI=1S/C23H28Cl2N2O2S/c1-4-21(23(29)26-13-16(2)3)27(14-17-10-11-19(24)20(25)12-17)22(28)15-30-18-8-6-5-7-9-18/h5-12,16,21H,4,13-15H2,1-3H3,(H,26,29)/t21-/m1/s1. The van der Waals surface area contributed by atoms with Gasteiger partial charge in [0.2, 0.25) is 11.8 Å². The molecule has 0 saturated heterocycles. The summed E-state index contributed by atoms with van der Waals surface area (Å²) in [6.07, 6.45) is 0.521. The normalized spacial score (nSPS) is 11.9. The number of halogens is 2. The average molecular weight is 467 g/mol. The highest BCUT2D eigenvalue weighted by atomic mass is 35.5. The minimum atomic E-state index is -0.554. The van der Waals surface area contributed by atoms with Gasteiger partial charge in [-0.05, 0) is 42.2 Å². The van der Waals surface area contributed by atoms with E-state index in [1.807, 2.05) is 57.2 Å². The number of hydrogen-bond acceptors (Lipinski definition) is 3. The molecule has 0 aromatic heterocycles. The second-order valence-electron chi connectivity index (χ2n) is 7.43. The van der Waals surface area contributed by atoms with Crippen molar-refractivity contribution < 1.29 is 9.59 Å². The number of nitrogens with zero attached hydrogens (tertiary/aromatic N) is 1. The Morgan fingerprint density at radius 2 is 1.77 bits per heavy atom. The van der Waals surface area contributed by atoms with Crippen molar-refractivity contribution in [2.75, 3.05) is 12.3 Å². The Balaban J connectivity index is 2.21. The van der Waals surface area contributed by atoms with E-state index < -0.39 is 6.04 Å². The van der Waals surface area contributed by atoms with Gasteiger partial charge in [0, 0.05) is 18.0 Å². The van der Waals surface area contributed by atoms with Crippen LogP contribution in [0.5, 0.6) is 0 Å². The van der Waals surface area contributed by atoms with E-state index in [1.54, 1.807) is 17.0 Å². The Hall–Kier alpha value is -1.69. The van der Waals surface area contributed by atoms with Crippen LogP contribution in [0.15, 0.2) is 53.4 Å². The zero-order valence-electron chi connectivity index (χ0n) is 17.5. The number of carbonyl (C=O) groups excluding carboxylic acids is 2. The van der Waals surface area contributed by atoms with Crippen molar-refractivity contribution in [3.63, 3.8) is 0 Å². The minimum Gasteiger partial charge on any atom is -0.354 e. The zero-order chi connectivity index (χ0) is 22.1. The lowest BCUT2D eigenvalue weighted by molar-refractivity contribution is -0.139. The first-order valence-electron chi connectivity index (χ1n) is 10.0. The Bertz CT molecular complexity index is 846. The van der Waals surface area contributed by atoms with Gasteiger partial charge < -0.3 is 10.2 Å². The van der Waals surface area contributed by atoms with E-state index in [0.29, 0.717) is 35.5 Å². The molecular weight excluding hydrogens is 439 g/mol. The Kier molecular flexibility index (Phi) is 10.0. The number of carbonyl (C=O) groups is 2. The molecule has 0 fully saturated rings. The molecule has 0 spiro atoms. The minimum absolute atomic E-state index is 0.0959. The monoisotopic (exact) mass is 466 g/mol. The van der Waals surface area contributed by atoms with Gasteiger partial charge in [-0.2, -0.15) is 0 Å². The molecule has 0 bridgehead atoms. The third-order valence-electron chi connectivity index (χ3n) is 4.51.